The van der Waals surface area contributed by atoms with Crippen LogP contribution in [0.4, 0.5) is 0 Å². The van der Waals surface area contributed by atoms with Crippen molar-refractivity contribution in [2.45, 2.75) is 13.3 Å². The lowest BCUT2D eigenvalue weighted by Gasteiger charge is -2.09. The maximum atomic E-state index is 11.3. The van der Waals surface area contributed by atoms with Crippen molar-refractivity contribution in [3.05, 3.63) is 0 Å². The molecule has 0 aliphatic heterocycles. The lowest BCUT2D eigenvalue weighted by molar-refractivity contribution is -0.122. The minimum atomic E-state index is -0.00667. The molecule has 78 heavy (non-hydrogen) atoms. The van der Waals surface area contributed by atoms with Crippen LogP contribution in [-0.4, -0.2) is 330 Å². The third-order valence-electron chi connectivity index (χ3n) is 9.46. The summed E-state index contributed by atoms with van der Waals surface area (Å²) in [6.07, 6.45) is 0.360. The van der Waals surface area contributed by atoms with Crippen LogP contribution in [0.15, 0.2) is 0 Å². The van der Waals surface area contributed by atoms with Gasteiger partial charge in [0, 0.05) is 20.1 Å². The highest BCUT2D eigenvalue weighted by atomic mass is 16.6. The van der Waals surface area contributed by atoms with Crippen molar-refractivity contribution in [2.75, 3.05) is 324 Å². The summed E-state index contributed by atoms with van der Waals surface area (Å²) in [5.41, 5.74) is 0. The molecule has 1 N–H and O–H groups in total. The van der Waals surface area contributed by atoms with E-state index in [1.807, 2.05) is 6.92 Å². The molecule has 0 radical (unpaired) electrons. The lowest BCUT2D eigenvalue weighted by atomic mass is 10.4. The molecule has 0 atom stereocenters. The van der Waals surface area contributed by atoms with Crippen molar-refractivity contribution in [1.29, 1.82) is 0 Å². The summed E-state index contributed by atoms with van der Waals surface area (Å²) < 4.78 is 131. The smallest absolute Gasteiger partial charge is 0.222 e. The molecule has 26 nitrogen and oxygen atoms in total. The molecule has 0 aliphatic carbocycles. The first-order chi connectivity index (χ1) is 38.8. The third kappa shape index (κ3) is 72.5. The van der Waals surface area contributed by atoms with E-state index in [9.17, 15) is 4.79 Å². The van der Waals surface area contributed by atoms with Crippen LogP contribution >= 0.6 is 0 Å². The zero-order chi connectivity index (χ0) is 55.9. The zero-order valence-electron chi connectivity index (χ0n) is 47.9. The summed E-state index contributed by atoms with van der Waals surface area (Å²) in [4.78, 5) is 11.3. The standard InChI is InChI=1S/C52H105NO25/c1-3-53-52(54)4-5-56-8-9-58-12-13-60-16-17-62-20-21-64-24-25-66-28-29-68-32-33-70-36-37-72-40-41-74-44-45-76-48-49-78-51-50-77-47-46-75-43-42-73-39-38-71-35-34-69-31-30-67-27-26-65-23-22-63-19-18-61-15-14-59-11-10-57-7-6-55-2/h3-51H2,1-2H3,(H,53,54). The molecule has 0 aromatic heterocycles. The largest absolute Gasteiger partial charge is 0.382 e. The Kier molecular flexibility index (Phi) is 72.1. The summed E-state index contributed by atoms with van der Waals surface area (Å²) in [7, 11) is 1.64. The lowest BCUT2D eigenvalue weighted by Crippen LogP contribution is -2.24. The average Bonchev–Trinajstić information content (AvgIpc) is 3.44. The first-order valence-electron chi connectivity index (χ1n) is 27.8. The summed E-state index contributed by atoms with van der Waals surface area (Å²) in [5.74, 6) is -0.00667. The highest BCUT2D eigenvalue weighted by Gasteiger charge is 2.02. The van der Waals surface area contributed by atoms with Crippen molar-refractivity contribution in [2.24, 2.45) is 0 Å². The molecule has 0 spiro atoms. The number of nitrogens with one attached hydrogen (secondary N) is 1. The molecular weight excluding hydrogens is 1040 g/mol. The number of hydrogen-bond donors (Lipinski definition) is 1. The minimum Gasteiger partial charge on any atom is -0.382 e. The van der Waals surface area contributed by atoms with E-state index in [1.54, 1.807) is 7.11 Å². The van der Waals surface area contributed by atoms with Crippen LogP contribution in [0.1, 0.15) is 13.3 Å². The SMILES string of the molecule is CCNC(=O)CCOCCOCCOCCOCCOCCOCCOCCOCCOCCOCCOCCOCCOCCOCCOCCOCCOCCOCCOCCOCCOCCOCCOCCOC. The van der Waals surface area contributed by atoms with E-state index in [0.29, 0.717) is 323 Å². The molecule has 0 saturated heterocycles. The number of carbonyl (C=O) groups excluding carboxylic acids is 1. The van der Waals surface area contributed by atoms with Gasteiger partial charge in [-0.05, 0) is 6.92 Å². The van der Waals surface area contributed by atoms with E-state index in [4.69, 9.17) is 114 Å². The van der Waals surface area contributed by atoms with Crippen molar-refractivity contribution in [3.8, 4) is 0 Å². The quantitative estimate of drug-likeness (QED) is 0.0816. The van der Waals surface area contributed by atoms with Crippen LogP contribution in [0.3, 0.4) is 0 Å². The summed E-state index contributed by atoms with van der Waals surface area (Å²) in [6.45, 7) is 25.7. The van der Waals surface area contributed by atoms with Crippen LogP contribution < -0.4 is 5.32 Å². The maximum absolute atomic E-state index is 11.3. The number of amides is 1. The number of ether oxygens (including phenoxy) is 24. The Morgan fingerprint density at radius 3 is 0.436 bits per heavy atom. The van der Waals surface area contributed by atoms with E-state index >= 15 is 0 Å². The van der Waals surface area contributed by atoms with Gasteiger partial charge >= 0.3 is 0 Å². The van der Waals surface area contributed by atoms with Gasteiger partial charge in [-0.2, -0.15) is 0 Å². The topological polar surface area (TPSA) is 251 Å². The fraction of sp³-hybridized carbons (Fsp3) is 0.981. The monoisotopic (exact) mass is 1140 g/mol. The number of hydrogen-bond acceptors (Lipinski definition) is 25. The van der Waals surface area contributed by atoms with E-state index < -0.39 is 0 Å². The molecule has 0 aromatic carbocycles. The van der Waals surface area contributed by atoms with Gasteiger partial charge in [-0.15, -0.1) is 0 Å². The van der Waals surface area contributed by atoms with Crippen molar-refractivity contribution in [1.82, 2.24) is 5.32 Å². The number of methoxy groups -OCH3 is 1. The summed E-state index contributed by atoms with van der Waals surface area (Å²) >= 11 is 0. The van der Waals surface area contributed by atoms with Gasteiger partial charge in [0.05, 0.1) is 311 Å². The van der Waals surface area contributed by atoms with Gasteiger partial charge in [0.25, 0.3) is 0 Å². The minimum absolute atomic E-state index is 0.00667. The molecule has 0 aliphatic rings. The van der Waals surface area contributed by atoms with Gasteiger partial charge in [0.15, 0.2) is 0 Å². The van der Waals surface area contributed by atoms with E-state index in [-0.39, 0.29) is 5.91 Å². The summed E-state index contributed by atoms with van der Waals surface area (Å²) in [6, 6.07) is 0. The maximum Gasteiger partial charge on any atom is 0.222 e. The Hall–Kier alpha value is -1.49. The van der Waals surface area contributed by atoms with Gasteiger partial charge in [-0.1, -0.05) is 0 Å². The van der Waals surface area contributed by atoms with E-state index in [2.05, 4.69) is 5.32 Å². The molecule has 0 aromatic rings. The van der Waals surface area contributed by atoms with E-state index in [1.165, 1.54) is 0 Å². The van der Waals surface area contributed by atoms with Gasteiger partial charge in [0.2, 0.25) is 5.91 Å². The number of carbonyl (C=O) groups is 1. The van der Waals surface area contributed by atoms with Crippen LogP contribution in [-0.2, 0) is 118 Å². The van der Waals surface area contributed by atoms with Crippen LogP contribution in [0.25, 0.3) is 0 Å². The molecule has 0 unspecified atom stereocenters. The third-order valence-corrected chi connectivity index (χ3v) is 9.46. The van der Waals surface area contributed by atoms with Crippen LogP contribution in [0, 0.1) is 0 Å². The molecule has 0 rings (SSSR count). The first kappa shape index (κ1) is 76.5. The summed E-state index contributed by atoms with van der Waals surface area (Å²) in [5, 5.41) is 2.72. The normalized spacial score (nSPS) is 11.7. The first-order valence-corrected chi connectivity index (χ1v) is 27.8. The predicted molar refractivity (Wildman–Crippen MR) is 284 cm³/mol. The molecule has 0 bridgehead atoms. The Bertz CT molecular complexity index is 1090. The Morgan fingerprint density at radius 2 is 0.321 bits per heavy atom. The van der Waals surface area contributed by atoms with Crippen molar-refractivity contribution >= 4 is 5.91 Å². The van der Waals surface area contributed by atoms with Crippen molar-refractivity contribution < 1.29 is 118 Å². The molecule has 26 heteroatoms. The second kappa shape index (κ2) is 73.5. The molecule has 1 amide bonds. The second-order valence-electron chi connectivity index (χ2n) is 15.8. The molecule has 468 valence electrons. The van der Waals surface area contributed by atoms with Crippen LogP contribution in [0.2, 0.25) is 0 Å². The molecule has 0 heterocycles. The van der Waals surface area contributed by atoms with Gasteiger partial charge in [-0.25, -0.2) is 0 Å². The second-order valence-corrected chi connectivity index (χ2v) is 15.8. The predicted octanol–water partition coefficient (Wildman–Crippen LogP) is 0.541. The zero-order valence-corrected chi connectivity index (χ0v) is 47.9. The highest BCUT2D eigenvalue weighted by Crippen LogP contribution is 1.91. The van der Waals surface area contributed by atoms with Crippen LogP contribution in [0.5, 0.6) is 0 Å². The fourth-order valence-corrected chi connectivity index (χ4v) is 5.53. The van der Waals surface area contributed by atoms with Crippen molar-refractivity contribution in [3.63, 3.8) is 0 Å². The molecule has 0 fully saturated rings. The Morgan fingerprint density at radius 1 is 0.205 bits per heavy atom. The average molecular weight is 1140 g/mol. The molecule has 0 saturated carbocycles. The van der Waals surface area contributed by atoms with Gasteiger partial charge in [0.1, 0.15) is 0 Å². The van der Waals surface area contributed by atoms with Gasteiger partial charge in [-0.3, -0.25) is 4.79 Å². The van der Waals surface area contributed by atoms with E-state index in [0.717, 1.165) is 0 Å². The fourth-order valence-electron chi connectivity index (χ4n) is 5.53. The molecular formula is C52H105NO25. The highest BCUT2D eigenvalue weighted by molar-refractivity contribution is 5.75. The Balaban J connectivity index is 3.08. The van der Waals surface area contributed by atoms with Gasteiger partial charge < -0.3 is 119 Å². The Labute approximate surface area is 466 Å². The number of rotatable bonds is 73.